The molecule has 1 heterocycles. The lowest BCUT2D eigenvalue weighted by molar-refractivity contribution is -0.116. The van der Waals surface area contributed by atoms with E-state index in [0.717, 1.165) is 36.1 Å². The number of nitrogens with one attached hydrogen (secondary N) is 2. The fourth-order valence-electron chi connectivity index (χ4n) is 3.91. The summed E-state index contributed by atoms with van der Waals surface area (Å²) >= 11 is 1.34. The number of carbonyl (C=O) groups is 3. The lowest BCUT2D eigenvalue weighted by atomic mass is 10.0. The summed E-state index contributed by atoms with van der Waals surface area (Å²) in [5.41, 5.74) is 1.14. The number of aryl methyl sites for hydroxylation is 1. The summed E-state index contributed by atoms with van der Waals surface area (Å²) in [6.45, 7) is 1.77. The Kier molecular flexibility index (Phi) is 9.27. The standard InChI is InChI=1S/C24H30N2O7S2/c1-3-33-24(29)26-22(28)21-18-8-5-4-6-9-19(18)34-23(21)25-20(27)10-7-15-35(30,31)17-13-11-16(32-2)12-14-17/h11-14H,3-10,15H2,1-2H3,(H,25,27)(H,26,28,29). The van der Waals surface area contributed by atoms with Crippen LogP contribution < -0.4 is 15.4 Å². The molecule has 0 saturated carbocycles. The number of anilines is 1. The van der Waals surface area contributed by atoms with Crippen molar-refractivity contribution in [2.75, 3.05) is 24.8 Å². The molecule has 0 atom stereocenters. The van der Waals surface area contributed by atoms with Crippen LogP contribution in [0.3, 0.4) is 0 Å². The highest BCUT2D eigenvalue weighted by Gasteiger charge is 2.27. The molecule has 0 bridgehead atoms. The molecular weight excluding hydrogens is 492 g/mol. The largest absolute Gasteiger partial charge is 0.497 e. The number of imide groups is 1. The Labute approximate surface area is 209 Å². The molecule has 3 amide bonds. The summed E-state index contributed by atoms with van der Waals surface area (Å²) in [6.07, 6.45) is 3.69. The minimum absolute atomic E-state index is 0.0309. The van der Waals surface area contributed by atoms with Crippen LogP contribution in [0.5, 0.6) is 5.75 Å². The van der Waals surface area contributed by atoms with Crippen molar-refractivity contribution in [1.82, 2.24) is 5.32 Å². The molecule has 1 aliphatic carbocycles. The zero-order valence-corrected chi connectivity index (χ0v) is 21.5. The Hall–Kier alpha value is -2.92. The van der Waals surface area contributed by atoms with E-state index in [1.165, 1.54) is 30.6 Å². The second-order valence-electron chi connectivity index (χ2n) is 8.09. The van der Waals surface area contributed by atoms with Gasteiger partial charge in [-0.25, -0.2) is 13.2 Å². The van der Waals surface area contributed by atoms with Gasteiger partial charge in [-0.2, -0.15) is 0 Å². The number of carbonyl (C=O) groups excluding carboxylic acids is 3. The quantitative estimate of drug-likeness (QED) is 0.475. The molecule has 0 fully saturated rings. The first-order chi connectivity index (χ1) is 16.7. The molecule has 11 heteroatoms. The van der Waals surface area contributed by atoms with Gasteiger partial charge in [-0.15, -0.1) is 11.3 Å². The molecule has 1 aliphatic rings. The van der Waals surface area contributed by atoms with Crippen molar-refractivity contribution in [2.24, 2.45) is 0 Å². The highest BCUT2D eigenvalue weighted by molar-refractivity contribution is 7.91. The van der Waals surface area contributed by atoms with Crippen LogP contribution in [0.4, 0.5) is 9.80 Å². The molecule has 0 saturated heterocycles. The van der Waals surface area contributed by atoms with E-state index >= 15 is 0 Å². The number of ether oxygens (including phenoxy) is 2. The highest BCUT2D eigenvalue weighted by Crippen LogP contribution is 2.37. The highest BCUT2D eigenvalue weighted by atomic mass is 32.2. The van der Waals surface area contributed by atoms with Crippen LogP contribution in [0.1, 0.15) is 59.8 Å². The smallest absolute Gasteiger partial charge is 0.414 e. The summed E-state index contributed by atoms with van der Waals surface area (Å²) in [5, 5.41) is 5.37. The SMILES string of the molecule is CCOC(=O)NC(=O)c1c(NC(=O)CCCS(=O)(=O)c2ccc(OC)cc2)sc2c1CCCCC2. The first-order valence-electron chi connectivity index (χ1n) is 11.5. The monoisotopic (exact) mass is 522 g/mol. The number of thiophene rings is 1. The van der Waals surface area contributed by atoms with Crippen LogP contribution in [0.2, 0.25) is 0 Å². The van der Waals surface area contributed by atoms with E-state index in [9.17, 15) is 22.8 Å². The molecule has 9 nitrogen and oxygen atoms in total. The van der Waals surface area contributed by atoms with Gasteiger partial charge in [0.2, 0.25) is 5.91 Å². The number of hydrogen-bond acceptors (Lipinski definition) is 8. The van der Waals surface area contributed by atoms with Gasteiger partial charge in [0.25, 0.3) is 5.91 Å². The van der Waals surface area contributed by atoms with Gasteiger partial charge in [-0.3, -0.25) is 14.9 Å². The maximum Gasteiger partial charge on any atom is 0.414 e. The van der Waals surface area contributed by atoms with Gasteiger partial charge in [-0.05, 0) is 68.9 Å². The van der Waals surface area contributed by atoms with Crippen LogP contribution in [0, 0.1) is 0 Å². The zero-order valence-electron chi connectivity index (χ0n) is 19.8. The minimum Gasteiger partial charge on any atom is -0.497 e. The van der Waals surface area contributed by atoms with E-state index in [0.29, 0.717) is 22.7 Å². The third-order valence-corrected chi connectivity index (χ3v) is 8.65. The van der Waals surface area contributed by atoms with Crippen LogP contribution >= 0.6 is 11.3 Å². The maximum atomic E-state index is 12.9. The number of alkyl carbamates (subject to hydrolysis) is 1. The fraction of sp³-hybridized carbons (Fsp3) is 0.458. The fourth-order valence-corrected chi connectivity index (χ4v) is 6.52. The van der Waals surface area contributed by atoms with Crippen molar-refractivity contribution in [3.8, 4) is 5.75 Å². The maximum absolute atomic E-state index is 12.9. The van der Waals surface area contributed by atoms with Gasteiger partial charge in [0.15, 0.2) is 9.84 Å². The molecule has 0 aliphatic heterocycles. The van der Waals surface area contributed by atoms with E-state index in [-0.39, 0.29) is 30.1 Å². The second-order valence-corrected chi connectivity index (χ2v) is 11.3. The number of hydrogen-bond donors (Lipinski definition) is 2. The van der Waals surface area contributed by atoms with Crippen LogP contribution in [0.25, 0.3) is 0 Å². The average Bonchev–Trinajstić information content (AvgIpc) is 2.99. The molecule has 35 heavy (non-hydrogen) atoms. The summed E-state index contributed by atoms with van der Waals surface area (Å²) < 4.78 is 35.0. The van der Waals surface area contributed by atoms with E-state index in [1.54, 1.807) is 19.1 Å². The third-order valence-electron chi connectivity index (χ3n) is 5.63. The first-order valence-corrected chi connectivity index (χ1v) is 14.0. The van der Waals surface area contributed by atoms with E-state index < -0.39 is 27.7 Å². The van der Waals surface area contributed by atoms with Gasteiger partial charge in [0, 0.05) is 11.3 Å². The number of fused-ring (bicyclic) bond motifs is 1. The van der Waals surface area contributed by atoms with Gasteiger partial charge in [0.1, 0.15) is 10.8 Å². The number of sulfone groups is 1. The first kappa shape index (κ1) is 26.7. The summed E-state index contributed by atoms with van der Waals surface area (Å²) in [6, 6.07) is 6.09. The second kappa shape index (κ2) is 12.2. The van der Waals surface area contributed by atoms with E-state index in [1.807, 2.05) is 0 Å². The van der Waals surface area contributed by atoms with E-state index in [4.69, 9.17) is 9.47 Å². The van der Waals surface area contributed by atoms with Crippen molar-refractivity contribution >= 4 is 44.1 Å². The molecule has 3 rings (SSSR count). The molecule has 0 unspecified atom stereocenters. The molecule has 190 valence electrons. The van der Waals surface area contributed by atoms with Crippen LogP contribution in [0.15, 0.2) is 29.2 Å². The normalized spacial score (nSPS) is 13.3. The number of benzene rings is 1. The topological polar surface area (TPSA) is 128 Å². The number of rotatable bonds is 9. The molecule has 1 aromatic heterocycles. The average molecular weight is 523 g/mol. The summed E-state index contributed by atoms with van der Waals surface area (Å²) in [5.74, 6) is -0.638. The summed E-state index contributed by atoms with van der Waals surface area (Å²) in [4.78, 5) is 38.5. The molecule has 2 aromatic rings. The number of amides is 3. The lowest BCUT2D eigenvalue weighted by Gasteiger charge is -2.10. The molecule has 1 aromatic carbocycles. The van der Waals surface area contributed by atoms with Gasteiger partial charge < -0.3 is 14.8 Å². The predicted molar refractivity (Wildman–Crippen MR) is 133 cm³/mol. The van der Waals surface area contributed by atoms with Crippen LogP contribution in [-0.2, 0) is 32.2 Å². The Balaban J connectivity index is 1.67. The molecular formula is C24H30N2O7S2. The van der Waals surface area contributed by atoms with Crippen molar-refractivity contribution in [3.05, 3.63) is 40.3 Å². The molecule has 0 radical (unpaired) electrons. The minimum atomic E-state index is -3.55. The number of methoxy groups -OCH3 is 1. The van der Waals surface area contributed by atoms with Crippen LogP contribution in [-0.4, -0.2) is 45.8 Å². The van der Waals surface area contributed by atoms with Crippen molar-refractivity contribution in [1.29, 1.82) is 0 Å². The van der Waals surface area contributed by atoms with Gasteiger partial charge >= 0.3 is 6.09 Å². The summed E-state index contributed by atoms with van der Waals surface area (Å²) in [7, 11) is -2.05. The van der Waals surface area contributed by atoms with Gasteiger partial charge in [0.05, 0.1) is 29.9 Å². The predicted octanol–water partition coefficient (Wildman–Crippen LogP) is 4.10. The van der Waals surface area contributed by atoms with Gasteiger partial charge in [-0.1, -0.05) is 6.42 Å². The third kappa shape index (κ3) is 7.04. The Morgan fingerprint density at radius 3 is 2.46 bits per heavy atom. The van der Waals surface area contributed by atoms with Crippen molar-refractivity contribution in [3.63, 3.8) is 0 Å². The zero-order chi connectivity index (χ0) is 25.4. The Morgan fingerprint density at radius 2 is 1.77 bits per heavy atom. The van der Waals surface area contributed by atoms with Crippen molar-refractivity contribution < 1.29 is 32.3 Å². The van der Waals surface area contributed by atoms with E-state index in [2.05, 4.69) is 10.6 Å². The molecule has 0 spiro atoms. The van der Waals surface area contributed by atoms with Crippen molar-refractivity contribution in [2.45, 2.75) is 56.8 Å². The Morgan fingerprint density at radius 1 is 1.06 bits per heavy atom. The molecule has 2 N–H and O–H groups in total. The Bertz CT molecular complexity index is 1170. The lowest BCUT2D eigenvalue weighted by Crippen LogP contribution is -2.32.